The fourth-order valence-corrected chi connectivity index (χ4v) is 6.99. The number of aryl methyl sites for hydroxylation is 1. The van der Waals surface area contributed by atoms with Gasteiger partial charge in [0.2, 0.25) is 0 Å². The van der Waals surface area contributed by atoms with Gasteiger partial charge in [-0.25, -0.2) is 0 Å². The molecule has 1 heteroatoms. The fourth-order valence-electron chi connectivity index (χ4n) is 6.99. The molecule has 5 aromatic rings. The van der Waals surface area contributed by atoms with E-state index < -0.39 is 0 Å². The third-order valence-corrected chi connectivity index (χ3v) is 8.80. The van der Waals surface area contributed by atoms with Crippen molar-refractivity contribution in [1.82, 2.24) is 4.57 Å². The summed E-state index contributed by atoms with van der Waals surface area (Å²) in [5.41, 5.74) is 17.8. The number of nitrogens with zero attached hydrogens (tertiary/aromatic N) is 1. The van der Waals surface area contributed by atoms with Crippen LogP contribution < -0.4 is 0 Å². The van der Waals surface area contributed by atoms with Crippen LogP contribution in [0.4, 0.5) is 0 Å². The predicted octanol–water partition coefficient (Wildman–Crippen LogP) is 10.8. The minimum Gasteiger partial charge on any atom is -0.309 e. The molecule has 0 N–H and O–H groups in total. The summed E-state index contributed by atoms with van der Waals surface area (Å²) in [6, 6.07) is 38.0. The molecule has 1 atom stereocenters. The van der Waals surface area contributed by atoms with Gasteiger partial charge in [0, 0.05) is 17.2 Å². The fraction of sp³-hybridized carbons (Fsp3) is 0.231. The van der Waals surface area contributed by atoms with Gasteiger partial charge in [-0.1, -0.05) is 111 Å². The van der Waals surface area contributed by atoms with Crippen LogP contribution in [-0.4, -0.2) is 4.57 Å². The first-order chi connectivity index (χ1) is 19.5. The molecule has 0 radical (unpaired) electrons. The van der Waals surface area contributed by atoms with Crippen molar-refractivity contribution in [1.29, 1.82) is 0 Å². The number of allylic oxidation sites excluding steroid dienone is 2. The number of benzene rings is 4. The van der Waals surface area contributed by atoms with E-state index in [1.165, 1.54) is 72.7 Å². The standard InChI is InChI=1S/C39H39N/c1-6-16-35-28(5)38(29-17-10-8-11-18-29)40(31-19-12-9-13-20-31)39(35)33-24-23-30(25-26(33)3)37-27(4)34-21-14-15-22-36(34)32(37)7-2/h8-15,17-25,32H,6-7,16H2,1-5H3. The van der Waals surface area contributed by atoms with Crippen molar-refractivity contribution >= 4 is 11.1 Å². The van der Waals surface area contributed by atoms with E-state index in [2.05, 4.69) is 142 Å². The van der Waals surface area contributed by atoms with Crippen LogP contribution in [0.15, 0.2) is 103 Å². The van der Waals surface area contributed by atoms with E-state index in [-0.39, 0.29) is 0 Å². The van der Waals surface area contributed by atoms with Gasteiger partial charge < -0.3 is 4.57 Å². The zero-order chi connectivity index (χ0) is 27.8. The van der Waals surface area contributed by atoms with Crippen LogP contribution in [0.5, 0.6) is 0 Å². The molecule has 0 aliphatic heterocycles. The number of hydrogen-bond donors (Lipinski definition) is 0. The van der Waals surface area contributed by atoms with Gasteiger partial charge in [0.05, 0.1) is 11.4 Å². The lowest BCUT2D eigenvalue weighted by molar-refractivity contribution is 0.833. The largest absolute Gasteiger partial charge is 0.309 e. The topological polar surface area (TPSA) is 4.93 Å². The first-order valence-electron chi connectivity index (χ1n) is 14.8. The number of rotatable bonds is 7. The summed E-state index contributed by atoms with van der Waals surface area (Å²) in [6.07, 6.45) is 3.28. The molecular formula is C39H39N. The summed E-state index contributed by atoms with van der Waals surface area (Å²) in [4.78, 5) is 0. The number of fused-ring (bicyclic) bond motifs is 1. The molecular weight excluding hydrogens is 482 g/mol. The molecule has 0 spiro atoms. The number of hydrogen-bond acceptors (Lipinski definition) is 0. The SMILES string of the molecule is CCCc1c(C)c(-c2ccccc2)n(-c2ccccc2)c1-c1ccc(C2=C(C)c3ccccc3C2CC)cc1C. The van der Waals surface area contributed by atoms with Gasteiger partial charge >= 0.3 is 0 Å². The van der Waals surface area contributed by atoms with Crippen LogP contribution in [-0.2, 0) is 6.42 Å². The maximum absolute atomic E-state index is 2.52. The van der Waals surface area contributed by atoms with Crippen LogP contribution >= 0.6 is 0 Å². The molecule has 0 saturated heterocycles. The molecule has 0 bridgehead atoms. The maximum Gasteiger partial charge on any atom is 0.0572 e. The van der Waals surface area contributed by atoms with Crippen molar-refractivity contribution in [3.63, 3.8) is 0 Å². The number of aromatic nitrogens is 1. The average molecular weight is 522 g/mol. The van der Waals surface area contributed by atoms with Crippen LogP contribution in [0.25, 0.3) is 39.3 Å². The van der Waals surface area contributed by atoms with Gasteiger partial charge in [-0.2, -0.15) is 0 Å². The Morgan fingerprint density at radius 1 is 0.650 bits per heavy atom. The molecule has 0 fully saturated rings. The summed E-state index contributed by atoms with van der Waals surface area (Å²) >= 11 is 0. The Labute approximate surface area is 239 Å². The second kappa shape index (κ2) is 10.8. The molecule has 1 aliphatic carbocycles. The molecule has 1 unspecified atom stereocenters. The van der Waals surface area contributed by atoms with Crippen molar-refractivity contribution < 1.29 is 0 Å². The van der Waals surface area contributed by atoms with Crippen LogP contribution in [0, 0.1) is 13.8 Å². The van der Waals surface area contributed by atoms with E-state index in [0.29, 0.717) is 5.92 Å². The Morgan fingerprint density at radius 2 is 1.32 bits per heavy atom. The third-order valence-electron chi connectivity index (χ3n) is 8.80. The van der Waals surface area contributed by atoms with Gasteiger partial charge in [-0.05, 0) is 95.8 Å². The van der Waals surface area contributed by atoms with Crippen LogP contribution in [0.3, 0.4) is 0 Å². The van der Waals surface area contributed by atoms with Crippen molar-refractivity contribution in [3.8, 4) is 28.2 Å². The Bertz CT molecular complexity index is 1700. The van der Waals surface area contributed by atoms with Crippen molar-refractivity contribution in [2.75, 3.05) is 0 Å². The third kappa shape index (κ3) is 4.25. The zero-order valence-electron chi connectivity index (χ0n) is 24.5. The molecule has 0 saturated carbocycles. The normalized spacial score (nSPS) is 14.6. The summed E-state index contributed by atoms with van der Waals surface area (Å²) in [5, 5.41) is 0. The quantitative estimate of drug-likeness (QED) is 0.201. The summed E-state index contributed by atoms with van der Waals surface area (Å²) in [7, 11) is 0. The number of para-hydroxylation sites is 1. The second-order valence-corrected chi connectivity index (χ2v) is 11.2. The minimum absolute atomic E-state index is 0.456. The predicted molar refractivity (Wildman–Crippen MR) is 172 cm³/mol. The molecule has 4 aromatic carbocycles. The van der Waals surface area contributed by atoms with E-state index in [4.69, 9.17) is 0 Å². The van der Waals surface area contributed by atoms with Crippen LogP contribution in [0.1, 0.15) is 72.9 Å². The zero-order valence-corrected chi connectivity index (χ0v) is 24.5. The molecule has 1 heterocycles. The Hall–Kier alpha value is -4.10. The van der Waals surface area contributed by atoms with Crippen molar-refractivity contribution in [3.05, 3.63) is 137 Å². The Morgan fingerprint density at radius 3 is 2.00 bits per heavy atom. The molecule has 1 aliphatic rings. The highest BCUT2D eigenvalue weighted by molar-refractivity contribution is 5.99. The van der Waals surface area contributed by atoms with E-state index in [0.717, 1.165) is 19.3 Å². The lowest BCUT2D eigenvalue weighted by Gasteiger charge is -2.19. The smallest absolute Gasteiger partial charge is 0.0572 e. The average Bonchev–Trinajstić information content (AvgIpc) is 3.44. The van der Waals surface area contributed by atoms with Crippen molar-refractivity contribution in [2.45, 2.75) is 59.8 Å². The van der Waals surface area contributed by atoms with Gasteiger partial charge in [-0.3, -0.25) is 0 Å². The molecule has 6 rings (SSSR count). The molecule has 40 heavy (non-hydrogen) atoms. The molecule has 200 valence electrons. The van der Waals surface area contributed by atoms with Crippen molar-refractivity contribution in [2.24, 2.45) is 0 Å². The van der Waals surface area contributed by atoms with E-state index in [1.807, 2.05) is 0 Å². The summed E-state index contributed by atoms with van der Waals surface area (Å²) in [6.45, 7) is 11.5. The van der Waals surface area contributed by atoms with Gasteiger partial charge in [0.15, 0.2) is 0 Å². The summed E-state index contributed by atoms with van der Waals surface area (Å²) < 4.78 is 2.52. The highest BCUT2D eigenvalue weighted by atomic mass is 15.0. The minimum atomic E-state index is 0.456. The van der Waals surface area contributed by atoms with E-state index in [1.54, 1.807) is 0 Å². The Balaban J connectivity index is 1.57. The van der Waals surface area contributed by atoms with E-state index in [9.17, 15) is 0 Å². The lowest BCUT2D eigenvalue weighted by atomic mass is 9.87. The van der Waals surface area contributed by atoms with Gasteiger partial charge in [-0.15, -0.1) is 0 Å². The first kappa shape index (κ1) is 26.1. The lowest BCUT2D eigenvalue weighted by Crippen LogP contribution is -2.03. The van der Waals surface area contributed by atoms with Crippen LogP contribution in [0.2, 0.25) is 0 Å². The highest BCUT2D eigenvalue weighted by Crippen LogP contribution is 2.49. The van der Waals surface area contributed by atoms with Gasteiger partial charge in [0.25, 0.3) is 0 Å². The molecule has 1 aromatic heterocycles. The maximum atomic E-state index is 2.52. The summed E-state index contributed by atoms with van der Waals surface area (Å²) in [5.74, 6) is 0.456. The van der Waals surface area contributed by atoms with E-state index >= 15 is 0 Å². The monoisotopic (exact) mass is 521 g/mol. The highest BCUT2D eigenvalue weighted by Gasteiger charge is 2.29. The Kier molecular flexibility index (Phi) is 7.07. The molecule has 0 amide bonds. The molecule has 1 nitrogen and oxygen atoms in total. The second-order valence-electron chi connectivity index (χ2n) is 11.2. The first-order valence-corrected chi connectivity index (χ1v) is 14.8. The van der Waals surface area contributed by atoms with Gasteiger partial charge in [0.1, 0.15) is 0 Å².